The summed E-state index contributed by atoms with van der Waals surface area (Å²) in [5, 5.41) is 8.44. The second kappa shape index (κ2) is 8.93. The van der Waals surface area contributed by atoms with Gasteiger partial charge in [-0.1, -0.05) is 5.16 Å². The van der Waals surface area contributed by atoms with Crippen molar-refractivity contribution in [3.8, 4) is 39.9 Å². The first-order valence-corrected chi connectivity index (χ1v) is 10.5. The molecule has 0 spiro atoms. The zero-order valence-electron chi connectivity index (χ0n) is 19.1. The SMILES string of the molecule is COc1cc(-c2noc(Cn3ccn4nc(-c5ccc(F)cc5)cc4c3=O)n2)cc(OC)c1OC. The highest BCUT2D eigenvalue weighted by Crippen LogP contribution is 2.40. The Morgan fingerprint density at radius 1 is 0.943 bits per heavy atom. The lowest BCUT2D eigenvalue weighted by molar-refractivity contribution is 0.324. The Kier molecular flexibility index (Phi) is 5.65. The van der Waals surface area contributed by atoms with Gasteiger partial charge >= 0.3 is 0 Å². The molecule has 0 aliphatic heterocycles. The molecule has 10 nitrogen and oxygen atoms in total. The van der Waals surface area contributed by atoms with Gasteiger partial charge in [-0.05, 0) is 42.5 Å². The Morgan fingerprint density at radius 3 is 2.31 bits per heavy atom. The number of rotatable bonds is 7. The van der Waals surface area contributed by atoms with Gasteiger partial charge in [0.05, 0.1) is 27.0 Å². The zero-order valence-corrected chi connectivity index (χ0v) is 19.1. The van der Waals surface area contributed by atoms with Gasteiger partial charge in [-0.15, -0.1) is 0 Å². The van der Waals surface area contributed by atoms with Crippen molar-refractivity contribution >= 4 is 5.52 Å². The van der Waals surface area contributed by atoms with Crippen LogP contribution in [0.4, 0.5) is 4.39 Å². The van der Waals surface area contributed by atoms with Crippen LogP contribution in [0, 0.1) is 5.82 Å². The minimum absolute atomic E-state index is 0.0593. The van der Waals surface area contributed by atoms with Crippen LogP contribution in [0.2, 0.25) is 0 Å². The van der Waals surface area contributed by atoms with Crippen molar-refractivity contribution < 1.29 is 23.1 Å². The van der Waals surface area contributed by atoms with Gasteiger partial charge in [-0.2, -0.15) is 10.1 Å². The molecule has 0 saturated carbocycles. The second-order valence-electron chi connectivity index (χ2n) is 7.52. The van der Waals surface area contributed by atoms with Crippen molar-refractivity contribution in [2.75, 3.05) is 21.3 Å². The van der Waals surface area contributed by atoms with E-state index in [4.69, 9.17) is 18.7 Å². The van der Waals surface area contributed by atoms with Crippen molar-refractivity contribution in [1.82, 2.24) is 24.3 Å². The number of ether oxygens (including phenoxy) is 3. The molecule has 0 fully saturated rings. The van der Waals surface area contributed by atoms with E-state index in [-0.39, 0.29) is 23.8 Å². The first-order chi connectivity index (χ1) is 17.0. The van der Waals surface area contributed by atoms with E-state index >= 15 is 0 Å². The predicted octanol–water partition coefficient (Wildman–Crippen LogP) is 3.43. The van der Waals surface area contributed by atoms with Crippen molar-refractivity contribution in [2.24, 2.45) is 0 Å². The van der Waals surface area contributed by atoms with E-state index in [1.807, 2.05) is 0 Å². The number of fused-ring (bicyclic) bond motifs is 1. The molecule has 2 aromatic carbocycles. The van der Waals surface area contributed by atoms with E-state index in [9.17, 15) is 9.18 Å². The van der Waals surface area contributed by atoms with Crippen LogP contribution in [0.25, 0.3) is 28.2 Å². The van der Waals surface area contributed by atoms with E-state index in [0.717, 1.165) is 0 Å². The van der Waals surface area contributed by atoms with Gasteiger partial charge in [0.15, 0.2) is 11.5 Å². The first kappa shape index (κ1) is 22.1. The van der Waals surface area contributed by atoms with Gasteiger partial charge in [0.2, 0.25) is 17.5 Å². The highest BCUT2D eigenvalue weighted by Gasteiger charge is 2.18. The molecule has 0 aliphatic carbocycles. The summed E-state index contributed by atoms with van der Waals surface area (Å²) in [5.74, 6) is 1.54. The smallest absolute Gasteiger partial charge is 0.277 e. The Hall–Kier alpha value is -4.67. The van der Waals surface area contributed by atoms with Crippen LogP contribution in [0.5, 0.6) is 17.2 Å². The predicted molar refractivity (Wildman–Crippen MR) is 123 cm³/mol. The van der Waals surface area contributed by atoms with Gasteiger partial charge in [0.1, 0.15) is 17.9 Å². The van der Waals surface area contributed by atoms with Gasteiger partial charge in [-0.25, -0.2) is 8.91 Å². The minimum Gasteiger partial charge on any atom is -0.493 e. The summed E-state index contributed by atoms with van der Waals surface area (Å²) in [6.45, 7) is 0.0593. The van der Waals surface area contributed by atoms with E-state index in [1.165, 1.54) is 42.5 Å². The summed E-state index contributed by atoms with van der Waals surface area (Å²) < 4.78 is 37.6. The van der Waals surface area contributed by atoms with Crippen LogP contribution in [-0.4, -0.2) is 45.7 Å². The third-order valence-electron chi connectivity index (χ3n) is 5.44. The molecule has 0 aliphatic rings. The average molecular weight is 477 g/mol. The Morgan fingerprint density at radius 2 is 1.66 bits per heavy atom. The molecule has 0 saturated heterocycles. The minimum atomic E-state index is -0.342. The largest absolute Gasteiger partial charge is 0.493 e. The summed E-state index contributed by atoms with van der Waals surface area (Å²) in [4.78, 5) is 17.5. The van der Waals surface area contributed by atoms with Crippen LogP contribution < -0.4 is 19.8 Å². The number of hydrogen-bond donors (Lipinski definition) is 0. The maximum Gasteiger partial charge on any atom is 0.277 e. The fraction of sp³-hybridized carbons (Fsp3) is 0.167. The van der Waals surface area contributed by atoms with E-state index in [1.54, 1.807) is 42.7 Å². The van der Waals surface area contributed by atoms with Gasteiger partial charge < -0.3 is 23.3 Å². The van der Waals surface area contributed by atoms with Crippen LogP contribution in [0.15, 0.2) is 64.2 Å². The van der Waals surface area contributed by atoms with Crippen molar-refractivity contribution in [1.29, 1.82) is 0 Å². The quantitative estimate of drug-likeness (QED) is 0.351. The maximum absolute atomic E-state index is 13.2. The molecule has 5 rings (SSSR count). The molecule has 0 amide bonds. The van der Waals surface area contributed by atoms with Gasteiger partial charge in [-0.3, -0.25) is 4.79 Å². The molecule has 0 unspecified atom stereocenters. The Labute approximate surface area is 198 Å². The number of halogens is 1. The molecule has 0 bridgehead atoms. The number of nitrogens with zero attached hydrogens (tertiary/aromatic N) is 5. The van der Waals surface area contributed by atoms with E-state index in [0.29, 0.717) is 45.4 Å². The van der Waals surface area contributed by atoms with Crippen molar-refractivity contribution in [2.45, 2.75) is 6.54 Å². The summed E-state index contributed by atoms with van der Waals surface area (Å²) in [5.41, 5.74) is 1.92. The highest BCUT2D eigenvalue weighted by atomic mass is 19.1. The van der Waals surface area contributed by atoms with Crippen LogP contribution >= 0.6 is 0 Å². The fourth-order valence-electron chi connectivity index (χ4n) is 3.70. The lowest BCUT2D eigenvalue weighted by Gasteiger charge is -2.12. The topological polar surface area (TPSA) is 106 Å². The third kappa shape index (κ3) is 4.07. The number of aromatic nitrogens is 5. The third-order valence-corrected chi connectivity index (χ3v) is 5.44. The molecule has 0 atom stereocenters. The monoisotopic (exact) mass is 477 g/mol. The highest BCUT2D eigenvalue weighted by molar-refractivity contribution is 5.67. The molecule has 11 heteroatoms. The molecule has 0 radical (unpaired) electrons. The molecule has 35 heavy (non-hydrogen) atoms. The Balaban J connectivity index is 1.45. The molecule has 3 heterocycles. The van der Waals surface area contributed by atoms with E-state index in [2.05, 4.69) is 15.2 Å². The van der Waals surface area contributed by atoms with Gasteiger partial charge in [0.25, 0.3) is 5.56 Å². The normalized spacial score (nSPS) is 11.1. The molecular formula is C24H20FN5O5. The standard InChI is InChI=1S/C24H20FN5O5/c1-32-19-10-15(11-20(33-2)22(19)34-3)23-26-21(35-28-23)13-29-8-9-30-18(24(29)31)12-17(27-30)14-4-6-16(25)7-5-14/h4-12H,13H2,1-3H3. The van der Waals surface area contributed by atoms with Crippen LogP contribution in [0.3, 0.4) is 0 Å². The van der Waals surface area contributed by atoms with Crippen molar-refractivity contribution in [3.63, 3.8) is 0 Å². The summed E-state index contributed by atoms with van der Waals surface area (Å²) in [6, 6.07) is 11.0. The van der Waals surface area contributed by atoms with Gasteiger partial charge in [0, 0.05) is 23.5 Å². The lowest BCUT2D eigenvalue weighted by Crippen LogP contribution is -2.21. The summed E-state index contributed by atoms with van der Waals surface area (Å²) in [6.07, 6.45) is 3.24. The molecular weight excluding hydrogens is 457 g/mol. The number of benzene rings is 2. The van der Waals surface area contributed by atoms with Crippen molar-refractivity contribution in [3.05, 3.63) is 76.9 Å². The zero-order chi connectivity index (χ0) is 24.5. The molecule has 0 N–H and O–H groups in total. The number of methoxy groups -OCH3 is 3. The molecule has 3 aromatic heterocycles. The summed E-state index contributed by atoms with van der Waals surface area (Å²) >= 11 is 0. The van der Waals surface area contributed by atoms with Crippen LogP contribution in [0.1, 0.15) is 5.89 Å². The van der Waals surface area contributed by atoms with Crippen LogP contribution in [-0.2, 0) is 6.54 Å². The molecule has 5 aromatic rings. The van der Waals surface area contributed by atoms with E-state index < -0.39 is 0 Å². The number of hydrogen-bond acceptors (Lipinski definition) is 8. The summed E-state index contributed by atoms with van der Waals surface area (Å²) in [7, 11) is 4.55. The first-order valence-electron chi connectivity index (χ1n) is 10.5. The maximum atomic E-state index is 13.2. The molecule has 178 valence electrons. The fourth-order valence-corrected chi connectivity index (χ4v) is 3.70. The average Bonchev–Trinajstić information content (AvgIpc) is 3.53. The Bertz CT molecular complexity index is 1550. The second-order valence-corrected chi connectivity index (χ2v) is 7.52. The lowest BCUT2D eigenvalue weighted by atomic mass is 10.1.